The fraction of sp³-hybridized carbons (Fsp3) is 0.278. The molecule has 1 amide bonds. The SMILES string of the molecule is O=C(NC1CCNCC1)c1ccc(Oc2ccc(Cl)cc2[N+](=O)[O-])cc1. The average molecular weight is 376 g/mol. The minimum Gasteiger partial charge on any atom is -0.450 e. The van der Waals surface area contributed by atoms with Gasteiger partial charge in [0.05, 0.1) is 4.92 Å². The van der Waals surface area contributed by atoms with Crippen LogP contribution in [0.25, 0.3) is 0 Å². The predicted octanol–water partition coefficient (Wildman–Crippen LogP) is 3.52. The quantitative estimate of drug-likeness (QED) is 0.616. The third kappa shape index (κ3) is 4.50. The van der Waals surface area contributed by atoms with E-state index < -0.39 is 4.92 Å². The minimum atomic E-state index is -0.554. The Balaban J connectivity index is 1.68. The molecule has 2 aromatic carbocycles. The highest BCUT2D eigenvalue weighted by atomic mass is 35.5. The summed E-state index contributed by atoms with van der Waals surface area (Å²) in [7, 11) is 0. The van der Waals surface area contributed by atoms with E-state index in [1.807, 2.05) is 0 Å². The van der Waals surface area contributed by atoms with Crippen molar-refractivity contribution in [3.63, 3.8) is 0 Å². The van der Waals surface area contributed by atoms with Crippen LogP contribution in [0.2, 0.25) is 5.02 Å². The van der Waals surface area contributed by atoms with Crippen molar-refractivity contribution in [3.05, 3.63) is 63.2 Å². The molecule has 7 nitrogen and oxygen atoms in total. The summed E-state index contributed by atoms with van der Waals surface area (Å²) in [4.78, 5) is 22.8. The third-order valence-corrected chi connectivity index (χ3v) is 4.37. The maximum absolute atomic E-state index is 12.3. The van der Waals surface area contributed by atoms with E-state index >= 15 is 0 Å². The number of hydrogen-bond donors (Lipinski definition) is 2. The van der Waals surface area contributed by atoms with Crippen LogP contribution in [0.3, 0.4) is 0 Å². The number of carbonyl (C=O) groups excluding carboxylic acids is 1. The molecule has 136 valence electrons. The number of piperidine rings is 1. The summed E-state index contributed by atoms with van der Waals surface area (Å²) < 4.78 is 5.57. The van der Waals surface area contributed by atoms with E-state index in [0.29, 0.717) is 11.3 Å². The lowest BCUT2D eigenvalue weighted by atomic mass is 10.1. The zero-order chi connectivity index (χ0) is 18.5. The molecule has 1 fully saturated rings. The molecule has 1 saturated heterocycles. The number of nitrogens with zero attached hydrogens (tertiary/aromatic N) is 1. The first kappa shape index (κ1) is 18.2. The Morgan fingerprint density at radius 1 is 1.19 bits per heavy atom. The molecule has 0 aliphatic carbocycles. The highest BCUT2D eigenvalue weighted by Crippen LogP contribution is 2.33. The van der Waals surface area contributed by atoms with E-state index in [1.54, 1.807) is 24.3 Å². The van der Waals surface area contributed by atoms with Crippen molar-refractivity contribution in [2.24, 2.45) is 0 Å². The van der Waals surface area contributed by atoms with E-state index in [2.05, 4.69) is 10.6 Å². The summed E-state index contributed by atoms with van der Waals surface area (Å²) in [5, 5.41) is 17.6. The molecule has 26 heavy (non-hydrogen) atoms. The van der Waals surface area contributed by atoms with Crippen LogP contribution in [0, 0.1) is 10.1 Å². The number of hydrogen-bond acceptors (Lipinski definition) is 5. The average Bonchev–Trinajstić information content (AvgIpc) is 2.64. The van der Waals surface area contributed by atoms with Gasteiger partial charge < -0.3 is 15.4 Å². The number of nitro benzene ring substituents is 1. The third-order valence-electron chi connectivity index (χ3n) is 4.14. The lowest BCUT2D eigenvalue weighted by Crippen LogP contribution is -2.42. The van der Waals surface area contributed by atoms with Gasteiger partial charge in [-0.3, -0.25) is 14.9 Å². The second-order valence-electron chi connectivity index (χ2n) is 5.99. The molecule has 0 bridgehead atoms. The number of carbonyl (C=O) groups is 1. The Morgan fingerprint density at radius 3 is 2.54 bits per heavy atom. The Bertz CT molecular complexity index is 805. The Morgan fingerprint density at radius 2 is 1.88 bits per heavy atom. The molecule has 0 radical (unpaired) electrons. The van der Waals surface area contributed by atoms with Gasteiger partial charge in [0.2, 0.25) is 5.75 Å². The van der Waals surface area contributed by atoms with Crippen LogP contribution in [-0.2, 0) is 0 Å². The summed E-state index contributed by atoms with van der Waals surface area (Å²) in [5.74, 6) is 0.348. The van der Waals surface area contributed by atoms with Gasteiger partial charge in [0, 0.05) is 22.7 Å². The molecule has 0 unspecified atom stereocenters. The highest BCUT2D eigenvalue weighted by Gasteiger charge is 2.18. The Hall–Kier alpha value is -2.64. The largest absolute Gasteiger partial charge is 0.450 e. The van der Waals surface area contributed by atoms with Crippen molar-refractivity contribution in [2.45, 2.75) is 18.9 Å². The number of nitro groups is 1. The Labute approximate surface area is 155 Å². The maximum Gasteiger partial charge on any atom is 0.313 e. The van der Waals surface area contributed by atoms with Gasteiger partial charge >= 0.3 is 5.69 Å². The molecule has 2 N–H and O–H groups in total. The van der Waals surface area contributed by atoms with Crippen molar-refractivity contribution in [1.29, 1.82) is 0 Å². The maximum atomic E-state index is 12.3. The van der Waals surface area contributed by atoms with Crippen molar-refractivity contribution < 1.29 is 14.5 Å². The minimum absolute atomic E-state index is 0.0892. The molecule has 0 spiro atoms. The fourth-order valence-corrected chi connectivity index (χ4v) is 2.92. The highest BCUT2D eigenvalue weighted by molar-refractivity contribution is 6.30. The summed E-state index contributed by atoms with van der Waals surface area (Å²) in [5.41, 5.74) is 0.298. The second kappa shape index (κ2) is 8.16. The van der Waals surface area contributed by atoms with Crippen molar-refractivity contribution in [2.75, 3.05) is 13.1 Å². The predicted molar refractivity (Wildman–Crippen MR) is 98.0 cm³/mol. The van der Waals surface area contributed by atoms with Crippen molar-refractivity contribution in [3.8, 4) is 11.5 Å². The lowest BCUT2D eigenvalue weighted by molar-refractivity contribution is -0.385. The zero-order valence-corrected chi connectivity index (χ0v) is 14.7. The number of rotatable bonds is 5. The number of amides is 1. The summed E-state index contributed by atoms with van der Waals surface area (Å²) >= 11 is 5.79. The van der Waals surface area contributed by atoms with Crippen LogP contribution in [0.4, 0.5) is 5.69 Å². The fourth-order valence-electron chi connectivity index (χ4n) is 2.76. The summed E-state index contributed by atoms with van der Waals surface area (Å²) in [6.45, 7) is 1.80. The molecular formula is C18H18ClN3O4. The van der Waals surface area contributed by atoms with Gasteiger partial charge in [-0.05, 0) is 62.3 Å². The van der Waals surface area contributed by atoms with Crippen LogP contribution < -0.4 is 15.4 Å². The first-order chi connectivity index (χ1) is 12.5. The molecule has 0 aromatic heterocycles. The van der Waals surface area contributed by atoms with Gasteiger partial charge in [-0.1, -0.05) is 11.6 Å². The van der Waals surface area contributed by atoms with Gasteiger partial charge in [-0.25, -0.2) is 0 Å². The number of nitrogens with one attached hydrogen (secondary N) is 2. The summed E-state index contributed by atoms with van der Waals surface area (Å²) in [6, 6.07) is 10.9. The number of halogens is 1. The van der Waals surface area contributed by atoms with Crippen molar-refractivity contribution >= 4 is 23.2 Å². The van der Waals surface area contributed by atoms with Crippen LogP contribution >= 0.6 is 11.6 Å². The normalized spacial score (nSPS) is 14.7. The van der Waals surface area contributed by atoms with E-state index in [4.69, 9.17) is 16.3 Å². The van der Waals surface area contributed by atoms with Crippen LogP contribution in [0.1, 0.15) is 23.2 Å². The second-order valence-corrected chi connectivity index (χ2v) is 6.43. The molecule has 0 atom stereocenters. The van der Waals surface area contributed by atoms with E-state index in [0.717, 1.165) is 25.9 Å². The lowest BCUT2D eigenvalue weighted by Gasteiger charge is -2.23. The van der Waals surface area contributed by atoms with E-state index in [9.17, 15) is 14.9 Å². The molecule has 1 aliphatic heterocycles. The zero-order valence-electron chi connectivity index (χ0n) is 13.9. The van der Waals surface area contributed by atoms with Gasteiger partial charge in [-0.15, -0.1) is 0 Å². The molecule has 3 rings (SSSR count). The topological polar surface area (TPSA) is 93.5 Å². The summed E-state index contributed by atoms with van der Waals surface area (Å²) in [6.07, 6.45) is 1.82. The van der Waals surface area contributed by atoms with Crippen molar-refractivity contribution in [1.82, 2.24) is 10.6 Å². The first-order valence-electron chi connectivity index (χ1n) is 8.26. The molecular weight excluding hydrogens is 358 g/mol. The van der Waals surface area contributed by atoms with E-state index in [-0.39, 0.29) is 28.4 Å². The van der Waals surface area contributed by atoms with Gasteiger partial charge in [0.25, 0.3) is 5.91 Å². The molecule has 2 aromatic rings. The molecule has 0 saturated carbocycles. The molecule has 1 aliphatic rings. The van der Waals surface area contributed by atoms with Gasteiger partial charge in [0.1, 0.15) is 5.75 Å². The van der Waals surface area contributed by atoms with Crippen LogP contribution in [-0.4, -0.2) is 30.0 Å². The van der Waals surface area contributed by atoms with Crippen LogP contribution in [0.15, 0.2) is 42.5 Å². The van der Waals surface area contributed by atoms with Gasteiger partial charge in [0.15, 0.2) is 0 Å². The molecule has 8 heteroatoms. The number of ether oxygens (including phenoxy) is 1. The molecule has 1 heterocycles. The monoisotopic (exact) mass is 375 g/mol. The Kier molecular flexibility index (Phi) is 5.70. The first-order valence-corrected chi connectivity index (χ1v) is 8.64. The van der Waals surface area contributed by atoms with E-state index in [1.165, 1.54) is 18.2 Å². The van der Waals surface area contributed by atoms with Crippen LogP contribution in [0.5, 0.6) is 11.5 Å². The van der Waals surface area contributed by atoms with Gasteiger partial charge in [-0.2, -0.15) is 0 Å². The standard InChI is InChI=1S/C18H18ClN3O4/c19-13-3-6-17(16(11-13)22(24)25)26-15-4-1-12(2-5-15)18(23)21-14-7-9-20-10-8-14/h1-6,11,14,20H,7-10H2,(H,21,23). The smallest absolute Gasteiger partial charge is 0.313 e. The number of benzene rings is 2.